The molecule has 3 heteroatoms. The molecule has 0 amide bonds. The maximum Gasteiger partial charge on any atom is 0.0237 e. The van der Waals surface area contributed by atoms with Gasteiger partial charge in [-0.25, -0.2) is 0 Å². The van der Waals surface area contributed by atoms with Crippen molar-refractivity contribution in [1.29, 1.82) is 0 Å². The molecule has 1 aromatic rings. The van der Waals surface area contributed by atoms with Crippen LogP contribution in [0.1, 0.15) is 18.9 Å². The van der Waals surface area contributed by atoms with E-state index in [2.05, 4.69) is 67.9 Å². The van der Waals surface area contributed by atoms with Crippen molar-refractivity contribution in [3.8, 4) is 0 Å². The molecule has 0 aromatic heterocycles. The first-order valence-electron chi connectivity index (χ1n) is 5.75. The van der Waals surface area contributed by atoms with E-state index in [1.54, 1.807) is 0 Å². The lowest BCUT2D eigenvalue weighted by Gasteiger charge is -2.25. The maximum atomic E-state index is 3.63. The predicted molar refractivity (Wildman–Crippen MR) is 75.9 cm³/mol. The summed E-state index contributed by atoms with van der Waals surface area (Å²) in [6.45, 7) is 4.66. The molecular weight excluding hydrogens is 330 g/mol. The topological polar surface area (TPSA) is 3.24 Å². The van der Waals surface area contributed by atoms with Crippen molar-refractivity contribution < 1.29 is 0 Å². The number of alkyl halides is 1. The third-order valence-corrected chi connectivity index (χ3v) is 4.65. The van der Waals surface area contributed by atoms with Crippen molar-refractivity contribution in [1.82, 2.24) is 4.90 Å². The number of likely N-dealkylation sites (tertiary alicyclic amines) is 1. The number of rotatable bonds is 3. The van der Waals surface area contributed by atoms with E-state index in [4.69, 9.17) is 0 Å². The highest BCUT2D eigenvalue weighted by Crippen LogP contribution is 2.27. The van der Waals surface area contributed by atoms with E-state index < -0.39 is 0 Å². The first-order chi connectivity index (χ1) is 7.70. The molecule has 0 bridgehead atoms. The molecule has 2 atom stereocenters. The van der Waals surface area contributed by atoms with Gasteiger partial charge in [0.25, 0.3) is 0 Å². The van der Waals surface area contributed by atoms with E-state index in [1.165, 1.54) is 18.5 Å². The molecule has 1 heterocycles. The van der Waals surface area contributed by atoms with Crippen molar-refractivity contribution >= 4 is 31.9 Å². The van der Waals surface area contributed by atoms with Gasteiger partial charge in [-0.3, -0.25) is 4.90 Å². The summed E-state index contributed by atoms with van der Waals surface area (Å²) in [7, 11) is 0. The fourth-order valence-electron chi connectivity index (χ4n) is 2.36. The van der Waals surface area contributed by atoms with Gasteiger partial charge in [0.1, 0.15) is 0 Å². The summed E-state index contributed by atoms with van der Waals surface area (Å²) in [5.74, 6) is 0.815. The average molecular weight is 347 g/mol. The van der Waals surface area contributed by atoms with Crippen LogP contribution in [0.15, 0.2) is 28.7 Å². The minimum Gasteiger partial charge on any atom is -0.295 e. The van der Waals surface area contributed by atoms with Gasteiger partial charge in [-0.05, 0) is 36.6 Å². The highest BCUT2D eigenvalue weighted by molar-refractivity contribution is 9.10. The van der Waals surface area contributed by atoms with Gasteiger partial charge in [0.15, 0.2) is 0 Å². The molecule has 1 saturated heterocycles. The summed E-state index contributed by atoms with van der Waals surface area (Å²) in [5, 5.41) is 1.09. The van der Waals surface area contributed by atoms with Gasteiger partial charge in [-0.2, -0.15) is 0 Å². The first-order valence-corrected chi connectivity index (χ1v) is 7.66. The smallest absolute Gasteiger partial charge is 0.0237 e. The predicted octanol–water partition coefficient (Wildman–Crippen LogP) is 4.05. The Hall–Kier alpha value is 0.140. The van der Waals surface area contributed by atoms with E-state index >= 15 is 0 Å². The summed E-state index contributed by atoms with van der Waals surface area (Å²) >= 11 is 7.10. The zero-order valence-electron chi connectivity index (χ0n) is 9.50. The Morgan fingerprint density at radius 3 is 2.62 bits per heavy atom. The SMILES string of the molecule is CC1CCN(Cc2ccc(Br)cc2)C1CBr. The Morgan fingerprint density at radius 2 is 2.00 bits per heavy atom. The third kappa shape index (κ3) is 2.88. The van der Waals surface area contributed by atoms with Crippen LogP contribution in [0.4, 0.5) is 0 Å². The molecule has 88 valence electrons. The van der Waals surface area contributed by atoms with Gasteiger partial charge in [0, 0.05) is 22.4 Å². The number of benzene rings is 1. The van der Waals surface area contributed by atoms with Crippen LogP contribution >= 0.6 is 31.9 Å². The summed E-state index contributed by atoms with van der Waals surface area (Å²) in [6.07, 6.45) is 1.33. The second-order valence-corrected chi connectivity index (χ2v) is 6.15. The monoisotopic (exact) mass is 345 g/mol. The van der Waals surface area contributed by atoms with E-state index in [0.717, 1.165) is 22.3 Å². The molecule has 0 radical (unpaired) electrons. The minimum absolute atomic E-state index is 0.698. The van der Waals surface area contributed by atoms with Crippen molar-refractivity contribution in [3.05, 3.63) is 34.3 Å². The minimum atomic E-state index is 0.698. The van der Waals surface area contributed by atoms with Crippen molar-refractivity contribution in [3.63, 3.8) is 0 Å². The molecule has 2 unspecified atom stereocenters. The number of hydrogen-bond donors (Lipinski definition) is 0. The quantitative estimate of drug-likeness (QED) is 0.746. The lowest BCUT2D eigenvalue weighted by Crippen LogP contribution is -2.32. The zero-order chi connectivity index (χ0) is 11.5. The lowest BCUT2D eigenvalue weighted by atomic mass is 10.1. The van der Waals surface area contributed by atoms with Gasteiger partial charge in [0.05, 0.1) is 0 Å². The molecule has 1 fully saturated rings. The second-order valence-electron chi connectivity index (χ2n) is 4.58. The number of hydrogen-bond acceptors (Lipinski definition) is 1. The summed E-state index contributed by atoms with van der Waals surface area (Å²) < 4.78 is 1.16. The summed E-state index contributed by atoms with van der Waals surface area (Å²) in [4.78, 5) is 2.59. The molecule has 1 aliphatic rings. The van der Waals surface area contributed by atoms with Gasteiger partial charge in [-0.1, -0.05) is 50.9 Å². The fraction of sp³-hybridized carbons (Fsp3) is 0.538. The van der Waals surface area contributed by atoms with Crippen LogP contribution in [0.25, 0.3) is 0 Å². The van der Waals surface area contributed by atoms with E-state index in [9.17, 15) is 0 Å². The Kier molecular flexibility index (Phi) is 4.45. The average Bonchev–Trinajstić information content (AvgIpc) is 2.63. The maximum absolute atomic E-state index is 3.63. The number of nitrogens with zero attached hydrogens (tertiary/aromatic N) is 1. The molecule has 1 nitrogen and oxygen atoms in total. The molecule has 0 spiro atoms. The molecular formula is C13H17Br2N. The van der Waals surface area contributed by atoms with Crippen molar-refractivity contribution in [2.75, 3.05) is 11.9 Å². The van der Waals surface area contributed by atoms with Crippen LogP contribution in [-0.4, -0.2) is 22.8 Å². The fourth-order valence-corrected chi connectivity index (χ4v) is 3.67. The standard InChI is InChI=1S/C13H17Br2N/c1-10-6-7-16(13(10)8-14)9-11-2-4-12(15)5-3-11/h2-5,10,13H,6-9H2,1H3. The van der Waals surface area contributed by atoms with Crippen LogP contribution in [0.2, 0.25) is 0 Å². The Balaban J connectivity index is 2.01. The van der Waals surface area contributed by atoms with Crippen LogP contribution in [0.3, 0.4) is 0 Å². The summed E-state index contributed by atoms with van der Waals surface area (Å²) in [6, 6.07) is 9.36. The van der Waals surface area contributed by atoms with Crippen LogP contribution in [0, 0.1) is 5.92 Å². The zero-order valence-corrected chi connectivity index (χ0v) is 12.7. The Bertz CT molecular complexity index is 336. The van der Waals surface area contributed by atoms with Gasteiger partial charge in [-0.15, -0.1) is 0 Å². The number of halogens is 2. The highest BCUT2D eigenvalue weighted by atomic mass is 79.9. The molecule has 0 aliphatic carbocycles. The summed E-state index contributed by atoms with van der Waals surface area (Å²) in [5.41, 5.74) is 1.41. The van der Waals surface area contributed by atoms with Crippen molar-refractivity contribution in [2.24, 2.45) is 5.92 Å². The second kappa shape index (κ2) is 5.65. The highest BCUT2D eigenvalue weighted by Gasteiger charge is 2.29. The lowest BCUT2D eigenvalue weighted by molar-refractivity contribution is 0.244. The normalized spacial score (nSPS) is 26.2. The Labute approximate surface area is 114 Å². The van der Waals surface area contributed by atoms with Gasteiger partial charge < -0.3 is 0 Å². The van der Waals surface area contributed by atoms with Gasteiger partial charge >= 0.3 is 0 Å². The molecule has 0 saturated carbocycles. The molecule has 1 aliphatic heterocycles. The third-order valence-electron chi connectivity index (χ3n) is 3.45. The van der Waals surface area contributed by atoms with E-state index in [1.807, 2.05) is 0 Å². The van der Waals surface area contributed by atoms with Gasteiger partial charge in [0.2, 0.25) is 0 Å². The van der Waals surface area contributed by atoms with Crippen LogP contribution in [-0.2, 0) is 6.54 Å². The van der Waals surface area contributed by atoms with Crippen LogP contribution in [0.5, 0.6) is 0 Å². The Morgan fingerprint density at radius 1 is 1.31 bits per heavy atom. The van der Waals surface area contributed by atoms with Crippen LogP contribution < -0.4 is 0 Å². The van der Waals surface area contributed by atoms with E-state index in [0.29, 0.717) is 6.04 Å². The molecule has 2 rings (SSSR count). The van der Waals surface area contributed by atoms with Crippen molar-refractivity contribution in [2.45, 2.75) is 25.9 Å². The largest absolute Gasteiger partial charge is 0.295 e. The van der Waals surface area contributed by atoms with E-state index in [-0.39, 0.29) is 0 Å². The molecule has 16 heavy (non-hydrogen) atoms. The molecule has 1 aromatic carbocycles. The first kappa shape index (κ1) is 12.6. The molecule has 0 N–H and O–H groups in total.